The molecule has 4 aromatic rings. The molecule has 0 saturated heterocycles. The van der Waals surface area contributed by atoms with Crippen molar-refractivity contribution in [3.8, 4) is 5.75 Å². The predicted molar refractivity (Wildman–Crippen MR) is 134 cm³/mol. The summed E-state index contributed by atoms with van der Waals surface area (Å²) in [4.78, 5) is 2.37. The quantitative estimate of drug-likeness (QED) is 0.318. The zero-order valence-electron chi connectivity index (χ0n) is 18.9. The molecule has 33 heavy (non-hydrogen) atoms. The van der Waals surface area contributed by atoms with Gasteiger partial charge in [-0.3, -0.25) is 4.90 Å². The average molecular weight is 438 g/mol. The van der Waals surface area contributed by atoms with Crippen LogP contribution in [0.3, 0.4) is 0 Å². The molecule has 0 spiro atoms. The summed E-state index contributed by atoms with van der Waals surface area (Å²) in [6.45, 7) is 2.24. The molecule has 4 aromatic carbocycles. The number of hydrogen-bond donors (Lipinski definition) is 1. The average Bonchev–Trinajstić information content (AvgIpc) is 2.88. The Bertz CT molecular complexity index is 1030. The van der Waals surface area contributed by atoms with Gasteiger partial charge in [0, 0.05) is 19.1 Å². The number of hydrogen-bond acceptors (Lipinski definition) is 3. The topological polar surface area (TPSA) is 32.7 Å². The van der Waals surface area contributed by atoms with E-state index in [1.165, 1.54) is 16.7 Å². The van der Waals surface area contributed by atoms with Gasteiger partial charge in [-0.25, -0.2) is 0 Å². The molecule has 0 fully saturated rings. The molecule has 3 heteroatoms. The lowest BCUT2D eigenvalue weighted by molar-refractivity contribution is 0.109. The van der Waals surface area contributed by atoms with Gasteiger partial charge in [-0.15, -0.1) is 0 Å². The molecule has 0 aliphatic heterocycles. The van der Waals surface area contributed by atoms with Crippen molar-refractivity contribution >= 4 is 0 Å². The summed E-state index contributed by atoms with van der Waals surface area (Å²) in [6.07, 6.45) is 0.773. The molecular formula is C30H31NO2. The minimum atomic E-state index is 0.0153. The Morgan fingerprint density at radius 2 is 1.06 bits per heavy atom. The standard InChI is InChI=1S/C30H31NO2/c32-23-29(20-25-16-18-30(19-17-25)33-24-28-14-8-3-9-15-28)31(21-26-10-4-1-5-11-26)22-27-12-6-2-7-13-27/h1-19,29,32H,20-24H2/t29-/m1/s1. The second-order valence-electron chi connectivity index (χ2n) is 8.33. The molecular weight excluding hydrogens is 406 g/mol. The van der Waals surface area contributed by atoms with E-state index in [0.29, 0.717) is 6.61 Å². The zero-order chi connectivity index (χ0) is 22.7. The van der Waals surface area contributed by atoms with E-state index in [2.05, 4.69) is 77.7 Å². The number of rotatable bonds is 11. The van der Waals surface area contributed by atoms with Crippen LogP contribution >= 0.6 is 0 Å². The van der Waals surface area contributed by atoms with Gasteiger partial charge in [0.15, 0.2) is 0 Å². The first-order valence-corrected chi connectivity index (χ1v) is 11.5. The normalized spacial score (nSPS) is 11.9. The minimum Gasteiger partial charge on any atom is -0.489 e. The Hall–Kier alpha value is -3.40. The van der Waals surface area contributed by atoms with Crippen molar-refractivity contribution in [1.29, 1.82) is 0 Å². The molecule has 4 rings (SSSR count). The zero-order valence-corrected chi connectivity index (χ0v) is 18.9. The van der Waals surface area contributed by atoms with E-state index in [4.69, 9.17) is 4.74 Å². The summed E-state index contributed by atoms with van der Waals surface area (Å²) in [5.41, 5.74) is 4.83. The fourth-order valence-corrected chi connectivity index (χ4v) is 3.99. The number of aliphatic hydroxyl groups is 1. The molecule has 0 bridgehead atoms. The van der Waals surface area contributed by atoms with Crippen LogP contribution in [-0.2, 0) is 26.1 Å². The smallest absolute Gasteiger partial charge is 0.119 e. The van der Waals surface area contributed by atoms with E-state index in [1.807, 2.05) is 42.5 Å². The maximum Gasteiger partial charge on any atom is 0.119 e. The summed E-state index contributed by atoms with van der Waals surface area (Å²) in [5, 5.41) is 10.3. The number of nitrogens with zero attached hydrogens (tertiary/aromatic N) is 1. The molecule has 0 amide bonds. The molecule has 0 saturated carbocycles. The lowest BCUT2D eigenvalue weighted by Crippen LogP contribution is -2.38. The van der Waals surface area contributed by atoms with Crippen LogP contribution < -0.4 is 4.74 Å². The number of ether oxygens (including phenoxy) is 1. The SMILES string of the molecule is OC[C@@H](Cc1ccc(OCc2ccccc2)cc1)N(Cc1ccccc1)Cc1ccccc1. The van der Waals surface area contributed by atoms with E-state index >= 15 is 0 Å². The minimum absolute atomic E-state index is 0.0153. The Balaban J connectivity index is 1.43. The van der Waals surface area contributed by atoms with Gasteiger partial charge in [0.1, 0.15) is 12.4 Å². The Morgan fingerprint density at radius 1 is 0.576 bits per heavy atom. The molecule has 0 aromatic heterocycles. The lowest BCUT2D eigenvalue weighted by Gasteiger charge is -2.31. The summed E-state index contributed by atoms with van der Waals surface area (Å²) in [5.74, 6) is 0.855. The van der Waals surface area contributed by atoms with E-state index in [1.54, 1.807) is 0 Å². The van der Waals surface area contributed by atoms with Crippen molar-refractivity contribution in [2.75, 3.05) is 6.61 Å². The monoisotopic (exact) mass is 437 g/mol. The van der Waals surface area contributed by atoms with Crippen LogP contribution in [0.1, 0.15) is 22.3 Å². The van der Waals surface area contributed by atoms with Crippen LogP contribution in [0.25, 0.3) is 0 Å². The largest absolute Gasteiger partial charge is 0.489 e. The van der Waals surface area contributed by atoms with E-state index in [0.717, 1.165) is 30.8 Å². The molecule has 0 aliphatic carbocycles. The van der Waals surface area contributed by atoms with Gasteiger partial charge in [-0.2, -0.15) is 0 Å². The van der Waals surface area contributed by atoms with Crippen molar-refractivity contribution in [3.63, 3.8) is 0 Å². The lowest BCUT2D eigenvalue weighted by atomic mass is 10.0. The van der Waals surface area contributed by atoms with Crippen LogP contribution in [0.5, 0.6) is 5.75 Å². The van der Waals surface area contributed by atoms with E-state index in [-0.39, 0.29) is 12.6 Å². The van der Waals surface area contributed by atoms with E-state index < -0.39 is 0 Å². The first kappa shape index (κ1) is 22.8. The first-order chi connectivity index (χ1) is 16.3. The van der Waals surface area contributed by atoms with E-state index in [9.17, 15) is 5.11 Å². The Kier molecular flexibility index (Phi) is 8.29. The maximum absolute atomic E-state index is 10.3. The highest BCUT2D eigenvalue weighted by Crippen LogP contribution is 2.19. The molecule has 3 nitrogen and oxygen atoms in total. The van der Waals surface area contributed by atoms with Gasteiger partial charge < -0.3 is 9.84 Å². The second kappa shape index (κ2) is 12.0. The van der Waals surface area contributed by atoms with Crippen molar-refractivity contribution in [2.24, 2.45) is 0 Å². The van der Waals surface area contributed by atoms with Crippen molar-refractivity contribution in [1.82, 2.24) is 4.90 Å². The van der Waals surface area contributed by atoms with Gasteiger partial charge in [-0.1, -0.05) is 103 Å². The fourth-order valence-electron chi connectivity index (χ4n) is 3.99. The van der Waals surface area contributed by atoms with Gasteiger partial charge in [-0.05, 0) is 40.8 Å². The maximum atomic E-state index is 10.3. The summed E-state index contributed by atoms with van der Waals surface area (Å²) in [6, 6.07) is 39.4. The second-order valence-corrected chi connectivity index (χ2v) is 8.33. The Labute approximate surface area is 196 Å². The molecule has 0 heterocycles. The van der Waals surface area contributed by atoms with Gasteiger partial charge >= 0.3 is 0 Å². The van der Waals surface area contributed by atoms with Crippen molar-refractivity contribution in [3.05, 3.63) is 138 Å². The van der Waals surface area contributed by atoms with Gasteiger partial charge in [0.25, 0.3) is 0 Å². The third kappa shape index (κ3) is 7.04. The van der Waals surface area contributed by atoms with Crippen molar-refractivity contribution in [2.45, 2.75) is 32.2 Å². The molecule has 0 aliphatic rings. The van der Waals surface area contributed by atoms with Gasteiger partial charge in [0.2, 0.25) is 0 Å². The number of aliphatic hydroxyl groups excluding tert-OH is 1. The van der Waals surface area contributed by atoms with Crippen LogP contribution in [0.15, 0.2) is 115 Å². The fraction of sp³-hybridized carbons (Fsp3) is 0.200. The predicted octanol–water partition coefficient (Wildman–Crippen LogP) is 5.87. The molecule has 168 valence electrons. The Morgan fingerprint density at radius 3 is 1.55 bits per heavy atom. The molecule has 1 atom stereocenters. The van der Waals surface area contributed by atoms with Gasteiger partial charge in [0.05, 0.1) is 6.61 Å². The van der Waals surface area contributed by atoms with Crippen LogP contribution in [0.4, 0.5) is 0 Å². The summed E-state index contributed by atoms with van der Waals surface area (Å²) in [7, 11) is 0. The highest BCUT2D eigenvalue weighted by molar-refractivity contribution is 5.28. The summed E-state index contributed by atoms with van der Waals surface area (Å²) < 4.78 is 5.92. The van der Waals surface area contributed by atoms with Crippen LogP contribution in [-0.4, -0.2) is 22.7 Å². The first-order valence-electron chi connectivity index (χ1n) is 11.5. The number of benzene rings is 4. The van der Waals surface area contributed by atoms with Crippen LogP contribution in [0, 0.1) is 0 Å². The molecule has 1 N–H and O–H groups in total. The molecule has 0 radical (unpaired) electrons. The third-order valence-corrected chi connectivity index (χ3v) is 5.83. The molecule has 0 unspecified atom stereocenters. The third-order valence-electron chi connectivity index (χ3n) is 5.83. The highest BCUT2D eigenvalue weighted by atomic mass is 16.5. The van der Waals surface area contributed by atoms with Crippen molar-refractivity contribution < 1.29 is 9.84 Å². The highest BCUT2D eigenvalue weighted by Gasteiger charge is 2.19. The van der Waals surface area contributed by atoms with Crippen LogP contribution in [0.2, 0.25) is 0 Å². The summed E-state index contributed by atoms with van der Waals surface area (Å²) >= 11 is 0.